The van der Waals surface area contributed by atoms with E-state index in [0.717, 1.165) is 0 Å². The smallest absolute Gasteiger partial charge is 0.412 e. The molecule has 6 nitrogen and oxygen atoms in total. The van der Waals surface area contributed by atoms with Gasteiger partial charge in [0.25, 0.3) is 0 Å². The molecule has 0 aromatic carbocycles. The zero-order valence-corrected chi connectivity index (χ0v) is 11.3. The number of anilines is 1. The van der Waals surface area contributed by atoms with Crippen LogP contribution in [0.3, 0.4) is 0 Å². The van der Waals surface area contributed by atoms with E-state index in [4.69, 9.17) is 9.29 Å². The quantitative estimate of drug-likeness (QED) is 0.823. The lowest BCUT2D eigenvalue weighted by molar-refractivity contribution is 0.0636. The van der Waals surface area contributed by atoms with Crippen LogP contribution in [0.1, 0.15) is 26.5 Å². The van der Waals surface area contributed by atoms with Crippen molar-refractivity contribution in [3.05, 3.63) is 24.0 Å². The third-order valence-electron chi connectivity index (χ3n) is 1.74. The fraction of sp³-hybridized carbons (Fsp3) is 0.455. The zero-order chi connectivity index (χ0) is 13.8. The first-order chi connectivity index (χ1) is 8.26. The summed E-state index contributed by atoms with van der Waals surface area (Å²) in [6.45, 7) is 5.31. The van der Waals surface area contributed by atoms with E-state index in [1.807, 2.05) is 0 Å². The van der Waals surface area contributed by atoms with Crippen LogP contribution >= 0.6 is 0 Å². The maximum absolute atomic E-state index is 11.4. The minimum Gasteiger partial charge on any atom is -0.444 e. The van der Waals surface area contributed by atoms with Crippen molar-refractivity contribution >= 4 is 22.9 Å². The Balaban J connectivity index is 2.58. The lowest BCUT2D eigenvalue weighted by Crippen LogP contribution is -2.27. The lowest BCUT2D eigenvalue weighted by Gasteiger charge is -2.19. The van der Waals surface area contributed by atoms with Gasteiger partial charge < -0.3 is 9.29 Å². The first-order valence-corrected chi connectivity index (χ1v) is 6.56. The van der Waals surface area contributed by atoms with Crippen LogP contribution in [-0.2, 0) is 21.6 Å². The second-order valence-corrected chi connectivity index (χ2v) is 5.56. The minimum atomic E-state index is -1.92. The molecule has 1 aromatic heterocycles. The van der Waals surface area contributed by atoms with Crippen LogP contribution in [0.2, 0.25) is 0 Å². The van der Waals surface area contributed by atoms with E-state index in [9.17, 15) is 9.00 Å². The van der Waals surface area contributed by atoms with Gasteiger partial charge in [-0.2, -0.15) is 0 Å². The Morgan fingerprint density at radius 3 is 2.61 bits per heavy atom. The summed E-state index contributed by atoms with van der Waals surface area (Å²) in [6.07, 6.45) is 0.842. The van der Waals surface area contributed by atoms with Gasteiger partial charge in [0, 0.05) is 0 Å². The van der Waals surface area contributed by atoms with Crippen molar-refractivity contribution < 1.29 is 18.3 Å². The highest BCUT2D eigenvalue weighted by atomic mass is 32.2. The Morgan fingerprint density at radius 1 is 1.50 bits per heavy atom. The van der Waals surface area contributed by atoms with E-state index in [1.165, 1.54) is 6.20 Å². The highest BCUT2D eigenvalue weighted by Crippen LogP contribution is 2.11. The van der Waals surface area contributed by atoms with Gasteiger partial charge in [0.2, 0.25) is 0 Å². The molecule has 2 N–H and O–H groups in total. The van der Waals surface area contributed by atoms with Crippen molar-refractivity contribution in [1.29, 1.82) is 0 Å². The fourth-order valence-corrected chi connectivity index (χ4v) is 1.56. The molecule has 0 aliphatic carbocycles. The van der Waals surface area contributed by atoms with E-state index < -0.39 is 22.8 Å². The van der Waals surface area contributed by atoms with Crippen LogP contribution in [-0.4, -0.2) is 25.4 Å². The molecule has 1 heterocycles. The number of hydrogen-bond donors (Lipinski definition) is 2. The predicted molar refractivity (Wildman–Crippen MR) is 68.6 cm³/mol. The molecule has 1 rings (SSSR count). The minimum absolute atomic E-state index is 0.0350. The number of amides is 1. The van der Waals surface area contributed by atoms with Crippen LogP contribution < -0.4 is 5.32 Å². The second-order valence-electron chi connectivity index (χ2n) is 4.63. The standard InChI is InChI=1S/C11H16N2O4S/c1-11(2,3)17-10(14)13-8-4-5-9(12-6-8)7-18(15)16/h4-6H,7H2,1-3H3,(H,13,14)(H,15,16). The lowest BCUT2D eigenvalue weighted by atomic mass is 10.2. The van der Waals surface area contributed by atoms with E-state index in [1.54, 1.807) is 32.9 Å². The molecule has 1 aromatic rings. The average molecular weight is 272 g/mol. The van der Waals surface area contributed by atoms with Crippen molar-refractivity contribution in [3.8, 4) is 0 Å². The maximum Gasteiger partial charge on any atom is 0.412 e. The number of hydrogen-bond acceptors (Lipinski definition) is 4. The molecule has 0 saturated heterocycles. The molecule has 18 heavy (non-hydrogen) atoms. The fourth-order valence-electron chi connectivity index (χ4n) is 1.13. The van der Waals surface area contributed by atoms with Gasteiger partial charge >= 0.3 is 6.09 Å². The van der Waals surface area contributed by atoms with Crippen LogP contribution in [0.25, 0.3) is 0 Å². The normalized spacial score (nSPS) is 12.9. The maximum atomic E-state index is 11.4. The van der Waals surface area contributed by atoms with Gasteiger partial charge in [-0.05, 0) is 32.9 Å². The third-order valence-corrected chi connectivity index (χ3v) is 2.28. The van der Waals surface area contributed by atoms with E-state index >= 15 is 0 Å². The molecule has 0 bridgehead atoms. The Kier molecular flexibility index (Phi) is 4.80. The van der Waals surface area contributed by atoms with Crippen molar-refractivity contribution in [2.45, 2.75) is 32.1 Å². The van der Waals surface area contributed by atoms with Gasteiger partial charge in [-0.25, -0.2) is 9.00 Å². The number of rotatable bonds is 3. The first kappa shape index (κ1) is 14.6. The molecular weight excluding hydrogens is 256 g/mol. The molecule has 0 spiro atoms. The van der Waals surface area contributed by atoms with Gasteiger partial charge in [-0.1, -0.05) is 0 Å². The number of carbonyl (C=O) groups excluding carboxylic acids is 1. The van der Waals surface area contributed by atoms with Gasteiger partial charge in [-0.15, -0.1) is 0 Å². The SMILES string of the molecule is CC(C)(C)OC(=O)Nc1ccc(CS(=O)O)nc1. The summed E-state index contributed by atoms with van der Waals surface area (Å²) in [5.41, 5.74) is 0.382. The Hall–Kier alpha value is -1.47. The molecule has 100 valence electrons. The number of ether oxygens (including phenoxy) is 1. The van der Waals surface area contributed by atoms with Crippen molar-refractivity contribution in [2.24, 2.45) is 0 Å². The molecule has 0 fully saturated rings. The summed E-state index contributed by atoms with van der Waals surface area (Å²) in [6, 6.07) is 3.17. The van der Waals surface area contributed by atoms with Crippen LogP contribution in [0.5, 0.6) is 0 Å². The number of carbonyl (C=O) groups is 1. The molecule has 0 saturated carbocycles. The van der Waals surface area contributed by atoms with Gasteiger partial charge in [0.15, 0.2) is 11.1 Å². The zero-order valence-electron chi connectivity index (χ0n) is 10.5. The summed E-state index contributed by atoms with van der Waals surface area (Å²) in [7, 11) is 0. The van der Waals surface area contributed by atoms with Crippen LogP contribution in [0.15, 0.2) is 18.3 Å². The second kappa shape index (κ2) is 5.92. The molecular formula is C11H16N2O4S. The van der Waals surface area contributed by atoms with E-state index in [2.05, 4.69) is 10.3 Å². The summed E-state index contributed by atoms with van der Waals surface area (Å²) in [5.74, 6) is -0.0350. The van der Waals surface area contributed by atoms with Crippen molar-refractivity contribution in [2.75, 3.05) is 5.32 Å². The monoisotopic (exact) mass is 272 g/mol. The largest absolute Gasteiger partial charge is 0.444 e. The number of pyridine rings is 1. The summed E-state index contributed by atoms with van der Waals surface area (Å²) in [5, 5.41) is 2.52. The topological polar surface area (TPSA) is 88.5 Å². The van der Waals surface area contributed by atoms with E-state index in [-0.39, 0.29) is 5.75 Å². The van der Waals surface area contributed by atoms with Crippen molar-refractivity contribution in [1.82, 2.24) is 4.98 Å². The summed E-state index contributed by atoms with van der Waals surface area (Å²) >= 11 is -1.92. The number of nitrogens with zero attached hydrogens (tertiary/aromatic N) is 1. The molecule has 0 aliphatic heterocycles. The highest BCUT2D eigenvalue weighted by molar-refractivity contribution is 7.78. The van der Waals surface area contributed by atoms with Crippen molar-refractivity contribution in [3.63, 3.8) is 0 Å². The van der Waals surface area contributed by atoms with Gasteiger partial charge in [0.05, 0.1) is 23.3 Å². The van der Waals surface area contributed by atoms with Crippen LogP contribution in [0.4, 0.5) is 10.5 Å². The molecule has 1 unspecified atom stereocenters. The predicted octanol–water partition coefficient (Wildman–Crippen LogP) is 2.15. The molecule has 0 aliphatic rings. The third kappa shape index (κ3) is 5.74. The average Bonchev–Trinajstić information content (AvgIpc) is 2.17. The Bertz CT molecular complexity index is 439. The first-order valence-electron chi connectivity index (χ1n) is 5.29. The molecule has 7 heteroatoms. The van der Waals surface area contributed by atoms with Gasteiger partial charge in [-0.3, -0.25) is 10.3 Å². The summed E-state index contributed by atoms with van der Waals surface area (Å²) < 4.78 is 24.3. The van der Waals surface area contributed by atoms with E-state index in [0.29, 0.717) is 11.4 Å². The summed E-state index contributed by atoms with van der Waals surface area (Å²) in [4.78, 5) is 15.4. The molecule has 0 radical (unpaired) electrons. The molecule has 1 amide bonds. The Labute approximate surface area is 108 Å². The Morgan fingerprint density at radius 2 is 2.17 bits per heavy atom. The number of nitrogens with one attached hydrogen (secondary N) is 1. The molecule has 1 atom stereocenters. The van der Waals surface area contributed by atoms with Crippen LogP contribution in [0, 0.1) is 0 Å². The number of aromatic nitrogens is 1. The van der Waals surface area contributed by atoms with Gasteiger partial charge in [0.1, 0.15) is 5.60 Å². The highest BCUT2D eigenvalue weighted by Gasteiger charge is 2.16.